The number of ether oxygens (including phenoxy) is 1. The lowest BCUT2D eigenvalue weighted by atomic mass is 9.93. The Labute approximate surface area is 96.4 Å². The molecular formula is C12H21NO3. The molecule has 2 N–H and O–H groups in total. The van der Waals surface area contributed by atoms with E-state index in [1.165, 1.54) is 0 Å². The second kappa shape index (κ2) is 4.00. The normalized spacial score (nSPS) is 38.5. The van der Waals surface area contributed by atoms with E-state index in [0.717, 1.165) is 19.3 Å². The lowest BCUT2D eigenvalue weighted by Crippen LogP contribution is -2.42. The van der Waals surface area contributed by atoms with Crippen molar-refractivity contribution < 1.29 is 14.6 Å². The molecule has 2 rings (SSSR count). The topological polar surface area (TPSA) is 58.6 Å². The monoisotopic (exact) mass is 227 g/mol. The molecule has 92 valence electrons. The highest BCUT2D eigenvalue weighted by molar-refractivity contribution is 5.77. The van der Waals surface area contributed by atoms with E-state index in [2.05, 4.69) is 5.32 Å². The zero-order chi connectivity index (χ0) is 11.9. The highest BCUT2D eigenvalue weighted by atomic mass is 16.6. The molecule has 4 unspecified atom stereocenters. The maximum atomic E-state index is 12.0. The van der Waals surface area contributed by atoms with E-state index < -0.39 is 11.8 Å². The van der Waals surface area contributed by atoms with Crippen LogP contribution in [0.5, 0.6) is 0 Å². The summed E-state index contributed by atoms with van der Waals surface area (Å²) in [6, 6.07) is -0.318. The maximum absolute atomic E-state index is 12.0. The van der Waals surface area contributed by atoms with Gasteiger partial charge in [0.15, 0.2) is 0 Å². The smallest absolute Gasteiger partial charge is 0.324 e. The fourth-order valence-electron chi connectivity index (χ4n) is 2.86. The largest absolute Gasteiger partial charge is 0.459 e. The Bertz CT molecular complexity index is 284. The second-order valence-corrected chi connectivity index (χ2v) is 5.88. The van der Waals surface area contributed by atoms with Gasteiger partial charge < -0.3 is 9.84 Å². The standard InChI is InChI=1S/C12H21NO3/c1-12(2,3)16-11(15)9-7-5-4-6-8(7)10(14)13-9/h7-10,13-14H,4-6H2,1-3H3. The summed E-state index contributed by atoms with van der Waals surface area (Å²) in [6.07, 6.45) is 2.59. The third kappa shape index (κ3) is 2.23. The molecule has 1 saturated heterocycles. The van der Waals surface area contributed by atoms with Gasteiger partial charge in [0, 0.05) is 5.92 Å². The molecule has 0 amide bonds. The summed E-state index contributed by atoms with van der Waals surface area (Å²) in [5.74, 6) is 0.267. The molecule has 1 saturated carbocycles. The van der Waals surface area contributed by atoms with Gasteiger partial charge in [0.2, 0.25) is 0 Å². The minimum Gasteiger partial charge on any atom is -0.459 e. The Balaban J connectivity index is 2.02. The molecule has 0 radical (unpaired) electrons. The molecule has 1 aliphatic carbocycles. The van der Waals surface area contributed by atoms with Gasteiger partial charge in [0.25, 0.3) is 0 Å². The molecule has 16 heavy (non-hydrogen) atoms. The van der Waals surface area contributed by atoms with Gasteiger partial charge in [0.1, 0.15) is 17.9 Å². The van der Waals surface area contributed by atoms with Gasteiger partial charge in [-0.25, -0.2) is 0 Å². The minimum absolute atomic E-state index is 0.221. The molecule has 0 aromatic rings. The van der Waals surface area contributed by atoms with Crippen molar-refractivity contribution in [2.45, 2.75) is 57.9 Å². The van der Waals surface area contributed by atoms with Gasteiger partial charge in [-0.15, -0.1) is 0 Å². The van der Waals surface area contributed by atoms with Gasteiger partial charge in [-0.2, -0.15) is 0 Å². The number of fused-ring (bicyclic) bond motifs is 1. The number of aliphatic hydroxyl groups excluding tert-OH is 1. The van der Waals surface area contributed by atoms with Crippen molar-refractivity contribution in [1.29, 1.82) is 0 Å². The van der Waals surface area contributed by atoms with Crippen LogP contribution in [0.4, 0.5) is 0 Å². The Morgan fingerprint density at radius 1 is 1.31 bits per heavy atom. The Morgan fingerprint density at radius 3 is 2.56 bits per heavy atom. The van der Waals surface area contributed by atoms with Crippen LogP contribution in [-0.2, 0) is 9.53 Å². The summed E-state index contributed by atoms with van der Waals surface area (Å²) in [7, 11) is 0. The van der Waals surface area contributed by atoms with Crippen molar-refractivity contribution >= 4 is 5.97 Å². The average molecular weight is 227 g/mol. The number of carbonyl (C=O) groups excluding carboxylic acids is 1. The quantitative estimate of drug-likeness (QED) is 0.657. The number of esters is 1. The van der Waals surface area contributed by atoms with Gasteiger partial charge >= 0.3 is 5.97 Å². The first-order valence-corrected chi connectivity index (χ1v) is 6.05. The van der Waals surface area contributed by atoms with E-state index in [-0.39, 0.29) is 23.8 Å². The van der Waals surface area contributed by atoms with Gasteiger partial charge in [-0.05, 0) is 39.5 Å². The Morgan fingerprint density at radius 2 is 1.94 bits per heavy atom. The molecule has 2 fully saturated rings. The average Bonchev–Trinajstić information content (AvgIpc) is 2.66. The maximum Gasteiger partial charge on any atom is 0.324 e. The van der Waals surface area contributed by atoms with Crippen LogP contribution in [0.3, 0.4) is 0 Å². The van der Waals surface area contributed by atoms with Crippen LogP contribution in [0.25, 0.3) is 0 Å². The van der Waals surface area contributed by atoms with Crippen molar-refractivity contribution in [3.63, 3.8) is 0 Å². The first-order chi connectivity index (χ1) is 7.38. The lowest BCUT2D eigenvalue weighted by Gasteiger charge is -2.24. The molecule has 1 heterocycles. The molecule has 4 nitrogen and oxygen atoms in total. The summed E-state index contributed by atoms with van der Waals surface area (Å²) in [5, 5.41) is 12.8. The number of nitrogens with one attached hydrogen (secondary N) is 1. The molecule has 0 aromatic carbocycles. The van der Waals surface area contributed by atoms with E-state index >= 15 is 0 Å². The molecule has 4 heteroatoms. The van der Waals surface area contributed by atoms with Crippen LogP contribution in [0.15, 0.2) is 0 Å². The predicted molar refractivity (Wildman–Crippen MR) is 59.6 cm³/mol. The predicted octanol–water partition coefficient (Wildman–Crippen LogP) is 1.03. The van der Waals surface area contributed by atoms with Crippen LogP contribution in [0, 0.1) is 11.8 Å². The number of hydrogen-bond acceptors (Lipinski definition) is 4. The van der Waals surface area contributed by atoms with Crippen molar-refractivity contribution in [3.8, 4) is 0 Å². The van der Waals surface area contributed by atoms with Crippen molar-refractivity contribution in [3.05, 3.63) is 0 Å². The molecule has 0 aromatic heterocycles. The molecule has 0 bridgehead atoms. The van der Waals surface area contributed by atoms with Crippen molar-refractivity contribution in [1.82, 2.24) is 5.32 Å². The highest BCUT2D eigenvalue weighted by Gasteiger charge is 2.48. The van der Waals surface area contributed by atoms with Gasteiger partial charge in [-0.3, -0.25) is 10.1 Å². The summed E-state index contributed by atoms with van der Waals surface area (Å²) >= 11 is 0. The Hall–Kier alpha value is -0.610. The first kappa shape index (κ1) is 11.9. The first-order valence-electron chi connectivity index (χ1n) is 6.05. The number of rotatable bonds is 1. The molecular weight excluding hydrogens is 206 g/mol. The summed E-state index contributed by atoms with van der Waals surface area (Å²) < 4.78 is 5.37. The van der Waals surface area contributed by atoms with Crippen LogP contribution < -0.4 is 5.32 Å². The molecule has 4 atom stereocenters. The van der Waals surface area contributed by atoms with Crippen molar-refractivity contribution in [2.24, 2.45) is 11.8 Å². The van der Waals surface area contributed by atoms with Crippen LogP contribution in [-0.4, -0.2) is 28.9 Å². The third-order valence-corrected chi connectivity index (χ3v) is 3.47. The highest BCUT2D eigenvalue weighted by Crippen LogP contribution is 2.40. The lowest BCUT2D eigenvalue weighted by molar-refractivity contribution is -0.158. The van der Waals surface area contributed by atoms with E-state index in [1.54, 1.807) is 0 Å². The number of hydrogen-bond donors (Lipinski definition) is 2. The molecule has 2 aliphatic rings. The minimum atomic E-state index is -0.537. The SMILES string of the molecule is CC(C)(C)OC(=O)C1NC(O)C2CCCC12. The summed E-state index contributed by atoms with van der Waals surface area (Å²) in [6.45, 7) is 5.59. The van der Waals surface area contributed by atoms with E-state index in [9.17, 15) is 9.90 Å². The molecule has 0 spiro atoms. The van der Waals surface area contributed by atoms with Gasteiger partial charge in [-0.1, -0.05) is 6.42 Å². The van der Waals surface area contributed by atoms with Crippen LogP contribution in [0.1, 0.15) is 40.0 Å². The number of carbonyl (C=O) groups is 1. The van der Waals surface area contributed by atoms with Crippen LogP contribution in [0.2, 0.25) is 0 Å². The molecule has 1 aliphatic heterocycles. The fourth-order valence-corrected chi connectivity index (χ4v) is 2.86. The summed E-state index contributed by atoms with van der Waals surface area (Å²) in [5.41, 5.74) is -0.458. The van der Waals surface area contributed by atoms with Crippen LogP contribution >= 0.6 is 0 Å². The zero-order valence-electron chi connectivity index (χ0n) is 10.2. The number of aliphatic hydroxyl groups is 1. The zero-order valence-corrected chi connectivity index (χ0v) is 10.2. The Kier molecular flexibility index (Phi) is 2.97. The third-order valence-electron chi connectivity index (χ3n) is 3.47. The fraction of sp³-hybridized carbons (Fsp3) is 0.917. The van der Waals surface area contributed by atoms with Crippen molar-refractivity contribution in [2.75, 3.05) is 0 Å². The van der Waals surface area contributed by atoms with E-state index in [4.69, 9.17) is 4.74 Å². The second-order valence-electron chi connectivity index (χ2n) is 5.88. The van der Waals surface area contributed by atoms with Gasteiger partial charge in [0.05, 0.1) is 0 Å². The van der Waals surface area contributed by atoms with E-state index in [1.807, 2.05) is 20.8 Å². The summed E-state index contributed by atoms with van der Waals surface area (Å²) in [4.78, 5) is 12.0. The van der Waals surface area contributed by atoms with E-state index in [0.29, 0.717) is 0 Å².